The Bertz CT molecular complexity index is 541. The number of carbonyl (C=O) groups excluding carboxylic acids is 1. The van der Waals surface area contributed by atoms with E-state index in [9.17, 15) is 15.0 Å². The number of fused-ring (bicyclic) bond motifs is 5. The van der Waals surface area contributed by atoms with Gasteiger partial charge in [0.2, 0.25) is 0 Å². The summed E-state index contributed by atoms with van der Waals surface area (Å²) in [6, 6.07) is 0. The highest BCUT2D eigenvalue weighted by Crippen LogP contribution is 2.68. The first-order valence-corrected chi connectivity index (χ1v) is 10.2. The van der Waals surface area contributed by atoms with Crippen molar-refractivity contribution in [2.75, 3.05) is 0 Å². The van der Waals surface area contributed by atoms with Gasteiger partial charge in [0.1, 0.15) is 5.78 Å². The van der Waals surface area contributed by atoms with Gasteiger partial charge in [-0.25, -0.2) is 0 Å². The minimum Gasteiger partial charge on any atom is -0.365 e. The third-order valence-corrected chi connectivity index (χ3v) is 9.34. The number of hydrogen-bond donors (Lipinski definition) is 2. The van der Waals surface area contributed by atoms with Crippen LogP contribution in [-0.4, -0.2) is 21.8 Å². The molecule has 2 N–H and O–H groups in total. The van der Waals surface area contributed by atoms with Gasteiger partial charge >= 0.3 is 0 Å². The standard InChI is InChI=1S/C21H34O3/c1-13(22)16-8-9-17-15-7-6-14-5-4-11-21(23,24)20(14,3)18(15)10-12-19(16,17)2/h14-18,23-24H,4-12H2,1-3H3/t14-,15-,16+,17-,18-,19-,20-/m0/s1. The summed E-state index contributed by atoms with van der Waals surface area (Å²) in [5, 5.41) is 21.8. The van der Waals surface area contributed by atoms with Crippen LogP contribution in [0.3, 0.4) is 0 Å². The molecule has 0 aliphatic heterocycles. The highest BCUT2D eigenvalue weighted by atomic mass is 16.5. The molecule has 0 aromatic rings. The minimum absolute atomic E-state index is 0.151. The molecule has 4 aliphatic carbocycles. The number of hydrogen-bond acceptors (Lipinski definition) is 3. The van der Waals surface area contributed by atoms with Crippen LogP contribution in [0.1, 0.15) is 78.6 Å². The third kappa shape index (κ3) is 2.00. The fourth-order valence-corrected chi connectivity index (χ4v) is 8.03. The van der Waals surface area contributed by atoms with E-state index in [-0.39, 0.29) is 16.7 Å². The second kappa shape index (κ2) is 5.30. The zero-order valence-corrected chi connectivity index (χ0v) is 15.6. The van der Waals surface area contributed by atoms with Gasteiger partial charge in [0.15, 0.2) is 5.79 Å². The van der Waals surface area contributed by atoms with Crippen molar-refractivity contribution in [3.05, 3.63) is 0 Å². The second-order valence-corrected chi connectivity index (χ2v) is 9.93. The zero-order chi connectivity index (χ0) is 17.3. The third-order valence-electron chi connectivity index (χ3n) is 9.34. The summed E-state index contributed by atoms with van der Waals surface area (Å²) in [7, 11) is 0. The van der Waals surface area contributed by atoms with Crippen molar-refractivity contribution in [3.63, 3.8) is 0 Å². The number of ketones is 1. The molecule has 0 heterocycles. The molecular weight excluding hydrogens is 300 g/mol. The zero-order valence-electron chi connectivity index (χ0n) is 15.6. The van der Waals surface area contributed by atoms with Crippen molar-refractivity contribution in [1.29, 1.82) is 0 Å². The average Bonchev–Trinajstić information content (AvgIpc) is 2.86. The van der Waals surface area contributed by atoms with Crippen molar-refractivity contribution < 1.29 is 15.0 Å². The molecule has 4 aliphatic rings. The van der Waals surface area contributed by atoms with E-state index < -0.39 is 5.79 Å². The van der Waals surface area contributed by atoms with Gasteiger partial charge < -0.3 is 10.2 Å². The maximum atomic E-state index is 12.2. The summed E-state index contributed by atoms with van der Waals surface area (Å²) in [6.45, 7) is 6.30. The molecule has 3 nitrogen and oxygen atoms in total. The molecule has 0 amide bonds. The van der Waals surface area contributed by atoms with Crippen LogP contribution in [0, 0.1) is 40.4 Å². The van der Waals surface area contributed by atoms with E-state index in [1.54, 1.807) is 6.92 Å². The first-order chi connectivity index (χ1) is 11.2. The van der Waals surface area contributed by atoms with Crippen LogP contribution in [0.25, 0.3) is 0 Å². The van der Waals surface area contributed by atoms with E-state index in [0.717, 1.165) is 44.9 Å². The van der Waals surface area contributed by atoms with Crippen LogP contribution in [0.15, 0.2) is 0 Å². The Kier molecular flexibility index (Phi) is 3.76. The van der Waals surface area contributed by atoms with E-state index in [2.05, 4.69) is 13.8 Å². The molecule has 7 atom stereocenters. The molecule has 0 spiro atoms. The fourth-order valence-electron chi connectivity index (χ4n) is 8.03. The monoisotopic (exact) mass is 334 g/mol. The molecule has 0 bridgehead atoms. The molecule has 0 aromatic heterocycles. The SMILES string of the molecule is CC(=O)[C@H]1CC[C@H]2[C@@H]3CC[C@@H]4CCCC(O)(O)[C@]4(C)[C@H]3CC[C@@]12C. The number of Topliss-reactive ketones (excluding diaryl/α,β-unsaturated/α-hetero) is 1. The van der Waals surface area contributed by atoms with Gasteiger partial charge in [0.25, 0.3) is 0 Å². The summed E-state index contributed by atoms with van der Waals surface area (Å²) in [5.41, 5.74) is -0.206. The van der Waals surface area contributed by atoms with Crippen molar-refractivity contribution in [3.8, 4) is 0 Å². The normalized spacial score (nSPS) is 53.0. The fraction of sp³-hybridized carbons (Fsp3) is 0.952. The molecule has 3 heteroatoms. The second-order valence-electron chi connectivity index (χ2n) is 9.93. The lowest BCUT2D eigenvalue weighted by Gasteiger charge is -2.63. The Hall–Kier alpha value is -0.410. The minimum atomic E-state index is -1.51. The molecule has 4 saturated carbocycles. The highest BCUT2D eigenvalue weighted by Gasteiger charge is 2.65. The first-order valence-electron chi connectivity index (χ1n) is 10.2. The first kappa shape index (κ1) is 17.0. The van der Waals surface area contributed by atoms with Crippen molar-refractivity contribution in [2.45, 2.75) is 84.3 Å². The predicted octanol–water partition coefficient (Wildman–Crippen LogP) is 3.92. The molecule has 0 radical (unpaired) electrons. The maximum Gasteiger partial charge on any atom is 0.168 e. The Balaban J connectivity index is 1.69. The summed E-state index contributed by atoms with van der Waals surface area (Å²) in [4.78, 5) is 12.2. The molecule has 0 unspecified atom stereocenters. The number of carbonyl (C=O) groups is 1. The van der Waals surface area contributed by atoms with Gasteiger partial charge in [-0.15, -0.1) is 0 Å². The molecule has 24 heavy (non-hydrogen) atoms. The van der Waals surface area contributed by atoms with Gasteiger partial charge in [-0.3, -0.25) is 4.79 Å². The Morgan fingerprint density at radius 2 is 1.67 bits per heavy atom. The van der Waals surface area contributed by atoms with E-state index in [1.165, 1.54) is 6.42 Å². The number of rotatable bonds is 1. The van der Waals surface area contributed by atoms with E-state index in [1.807, 2.05) is 0 Å². The molecule has 4 rings (SSSR count). The van der Waals surface area contributed by atoms with Crippen molar-refractivity contribution in [1.82, 2.24) is 0 Å². The number of aliphatic hydroxyl groups is 2. The van der Waals surface area contributed by atoms with E-state index >= 15 is 0 Å². The smallest absolute Gasteiger partial charge is 0.168 e. The lowest BCUT2D eigenvalue weighted by molar-refractivity contribution is -0.312. The Labute approximate surface area is 146 Å². The van der Waals surface area contributed by atoms with Crippen LogP contribution < -0.4 is 0 Å². The van der Waals surface area contributed by atoms with Gasteiger partial charge in [-0.1, -0.05) is 13.8 Å². The molecule has 136 valence electrons. The average molecular weight is 335 g/mol. The van der Waals surface area contributed by atoms with E-state index in [4.69, 9.17) is 0 Å². The van der Waals surface area contributed by atoms with Gasteiger partial charge in [-0.2, -0.15) is 0 Å². The van der Waals surface area contributed by atoms with Crippen LogP contribution in [0.2, 0.25) is 0 Å². The molecule has 0 aromatic carbocycles. The van der Waals surface area contributed by atoms with Crippen LogP contribution in [0.5, 0.6) is 0 Å². The summed E-state index contributed by atoms with van der Waals surface area (Å²) < 4.78 is 0. The quantitative estimate of drug-likeness (QED) is 0.715. The molecular formula is C21H34O3. The lowest BCUT2D eigenvalue weighted by Crippen LogP contribution is -2.63. The molecule has 0 saturated heterocycles. The summed E-state index contributed by atoms with van der Waals surface area (Å²) in [6.07, 6.45) is 9.35. The predicted molar refractivity (Wildman–Crippen MR) is 93.1 cm³/mol. The highest BCUT2D eigenvalue weighted by molar-refractivity contribution is 5.79. The van der Waals surface area contributed by atoms with Crippen LogP contribution in [0.4, 0.5) is 0 Å². The van der Waals surface area contributed by atoms with Crippen molar-refractivity contribution in [2.24, 2.45) is 40.4 Å². The lowest BCUT2D eigenvalue weighted by atomic mass is 9.43. The van der Waals surface area contributed by atoms with Crippen molar-refractivity contribution >= 4 is 5.78 Å². The Morgan fingerprint density at radius 3 is 2.38 bits per heavy atom. The summed E-state index contributed by atoms with van der Waals surface area (Å²) >= 11 is 0. The van der Waals surface area contributed by atoms with E-state index in [0.29, 0.717) is 35.9 Å². The van der Waals surface area contributed by atoms with Gasteiger partial charge in [0.05, 0.1) is 0 Å². The Morgan fingerprint density at radius 1 is 0.917 bits per heavy atom. The maximum absolute atomic E-state index is 12.2. The molecule has 4 fully saturated rings. The van der Waals surface area contributed by atoms with Gasteiger partial charge in [0, 0.05) is 17.8 Å². The summed E-state index contributed by atoms with van der Waals surface area (Å²) in [5.74, 6) is 1.13. The van der Waals surface area contributed by atoms with Crippen LogP contribution in [-0.2, 0) is 4.79 Å². The van der Waals surface area contributed by atoms with Gasteiger partial charge in [-0.05, 0) is 87.4 Å². The van der Waals surface area contributed by atoms with Crippen LogP contribution >= 0.6 is 0 Å². The largest absolute Gasteiger partial charge is 0.365 e. The topological polar surface area (TPSA) is 57.5 Å².